The molecule has 0 bridgehead atoms. The Bertz CT molecular complexity index is 681. The minimum atomic E-state index is -1.03. The molecule has 0 heterocycles. The maximum atomic E-state index is 12.2. The number of amides is 1. The van der Waals surface area contributed by atoms with Gasteiger partial charge in [-0.2, -0.15) is 0 Å². The normalized spacial score (nSPS) is 11.7. The number of carboxylic acids is 1. The number of aliphatic carboxylic acids is 1. The molecule has 2 rings (SSSR count). The van der Waals surface area contributed by atoms with Crippen LogP contribution < -0.4 is 11.1 Å². The minimum absolute atomic E-state index is 0.173. The Morgan fingerprint density at radius 3 is 2.36 bits per heavy atom. The molecule has 0 unspecified atom stereocenters. The number of nitrogens with one attached hydrogen (secondary N) is 1. The maximum absolute atomic E-state index is 12.2. The van der Waals surface area contributed by atoms with Crippen LogP contribution in [0.3, 0.4) is 0 Å². The van der Waals surface area contributed by atoms with Crippen molar-refractivity contribution in [2.45, 2.75) is 19.4 Å². The van der Waals surface area contributed by atoms with Gasteiger partial charge in [0.1, 0.15) is 6.04 Å². The molecule has 5 heteroatoms. The molecule has 0 aromatic heterocycles. The molecular weight excluding hydrogens is 280 g/mol. The van der Waals surface area contributed by atoms with Crippen LogP contribution >= 0.6 is 0 Å². The second-order valence-corrected chi connectivity index (χ2v) is 5.11. The Hall–Kier alpha value is -2.66. The number of carbonyl (C=O) groups excluding carboxylic acids is 1. The summed E-state index contributed by atoms with van der Waals surface area (Å²) >= 11 is 0. The molecule has 0 aliphatic rings. The fraction of sp³-hybridized carbons (Fsp3) is 0.176. The Morgan fingerprint density at radius 1 is 1.14 bits per heavy atom. The highest BCUT2D eigenvalue weighted by atomic mass is 16.4. The van der Waals surface area contributed by atoms with E-state index in [4.69, 9.17) is 10.8 Å². The Morgan fingerprint density at radius 2 is 1.77 bits per heavy atom. The summed E-state index contributed by atoms with van der Waals surface area (Å²) in [6.07, 6.45) is 0.251. The van der Waals surface area contributed by atoms with Gasteiger partial charge in [0.15, 0.2) is 0 Å². The van der Waals surface area contributed by atoms with Crippen LogP contribution in [0.5, 0.6) is 0 Å². The smallest absolute Gasteiger partial charge is 0.320 e. The van der Waals surface area contributed by atoms with Gasteiger partial charge in [0.2, 0.25) is 0 Å². The summed E-state index contributed by atoms with van der Waals surface area (Å²) in [4.78, 5) is 22.9. The van der Waals surface area contributed by atoms with E-state index < -0.39 is 12.0 Å². The van der Waals surface area contributed by atoms with Crippen molar-refractivity contribution < 1.29 is 14.7 Å². The average Bonchev–Trinajstić information content (AvgIpc) is 2.49. The van der Waals surface area contributed by atoms with Crippen LogP contribution in [0, 0.1) is 6.92 Å². The van der Waals surface area contributed by atoms with Gasteiger partial charge in [-0.3, -0.25) is 9.59 Å². The van der Waals surface area contributed by atoms with E-state index in [0.717, 1.165) is 11.1 Å². The molecule has 0 saturated carbocycles. The zero-order chi connectivity index (χ0) is 16.1. The van der Waals surface area contributed by atoms with Crippen LogP contribution in [0.15, 0.2) is 48.5 Å². The van der Waals surface area contributed by atoms with Crippen LogP contribution in [-0.4, -0.2) is 23.0 Å². The van der Waals surface area contributed by atoms with Gasteiger partial charge in [0.05, 0.1) is 0 Å². The van der Waals surface area contributed by atoms with Crippen molar-refractivity contribution in [2.24, 2.45) is 5.73 Å². The molecule has 2 aromatic rings. The molecule has 114 valence electrons. The van der Waals surface area contributed by atoms with Gasteiger partial charge in [-0.25, -0.2) is 0 Å². The predicted octanol–water partition coefficient (Wildman–Crippen LogP) is 2.20. The number of hydrogen-bond acceptors (Lipinski definition) is 3. The van der Waals surface area contributed by atoms with Gasteiger partial charge in [0.25, 0.3) is 5.91 Å². The first-order valence-electron chi connectivity index (χ1n) is 6.91. The highest BCUT2D eigenvalue weighted by Gasteiger charge is 2.12. The van der Waals surface area contributed by atoms with Crippen molar-refractivity contribution in [1.29, 1.82) is 0 Å². The maximum Gasteiger partial charge on any atom is 0.320 e. The van der Waals surface area contributed by atoms with Crippen LogP contribution in [0.1, 0.15) is 21.5 Å². The van der Waals surface area contributed by atoms with Crippen LogP contribution in [0.25, 0.3) is 0 Å². The lowest BCUT2D eigenvalue weighted by atomic mass is 10.1. The number of carboxylic acid groups (broad SMARTS) is 1. The summed E-state index contributed by atoms with van der Waals surface area (Å²) in [5.41, 5.74) is 8.48. The molecule has 22 heavy (non-hydrogen) atoms. The number of rotatable bonds is 5. The van der Waals surface area contributed by atoms with Gasteiger partial charge >= 0.3 is 5.97 Å². The lowest BCUT2D eigenvalue weighted by Crippen LogP contribution is -2.32. The fourth-order valence-corrected chi connectivity index (χ4v) is 2.09. The second-order valence-electron chi connectivity index (χ2n) is 5.11. The molecular formula is C17H18N2O3. The minimum Gasteiger partial charge on any atom is -0.480 e. The molecule has 0 aliphatic carbocycles. The second kappa shape index (κ2) is 6.87. The van der Waals surface area contributed by atoms with E-state index in [1.165, 1.54) is 0 Å². The lowest BCUT2D eigenvalue weighted by molar-refractivity contribution is -0.138. The van der Waals surface area contributed by atoms with E-state index in [9.17, 15) is 9.59 Å². The van der Waals surface area contributed by atoms with Gasteiger partial charge < -0.3 is 16.2 Å². The summed E-state index contributed by atoms with van der Waals surface area (Å²) in [6, 6.07) is 13.4. The van der Waals surface area contributed by atoms with E-state index in [1.807, 2.05) is 25.1 Å². The van der Waals surface area contributed by atoms with E-state index in [0.29, 0.717) is 11.3 Å². The zero-order valence-electron chi connectivity index (χ0n) is 12.2. The molecule has 1 atom stereocenters. The standard InChI is InChI=1S/C17H18N2O3/c1-11-4-2-3-5-14(11)16(20)19-13-8-6-12(7-9-13)10-15(18)17(21)22/h2-9,15H,10,18H2,1H3,(H,19,20)(H,21,22)/t15-/m0/s1. The zero-order valence-corrected chi connectivity index (χ0v) is 12.2. The number of hydrogen-bond donors (Lipinski definition) is 3. The molecule has 0 aliphatic heterocycles. The third-order valence-electron chi connectivity index (χ3n) is 3.37. The van der Waals surface area contributed by atoms with Crippen molar-refractivity contribution in [3.05, 3.63) is 65.2 Å². The lowest BCUT2D eigenvalue weighted by Gasteiger charge is -2.09. The topological polar surface area (TPSA) is 92.4 Å². The number of nitrogens with two attached hydrogens (primary N) is 1. The molecule has 1 amide bonds. The van der Waals surface area contributed by atoms with Crippen molar-refractivity contribution in [2.75, 3.05) is 5.32 Å². The summed E-state index contributed by atoms with van der Waals surface area (Å²) in [7, 11) is 0. The van der Waals surface area contributed by atoms with Crippen molar-refractivity contribution in [3.63, 3.8) is 0 Å². The van der Waals surface area contributed by atoms with Crippen LogP contribution in [0.2, 0.25) is 0 Å². The largest absolute Gasteiger partial charge is 0.480 e. The third-order valence-corrected chi connectivity index (χ3v) is 3.37. The molecule has 0 saturated heterocycles. The summed E-state index contributed by atoms with van der Waals surface area (Å²) in [6.45, 7) is 1.88. The summed E-state index contributed by atoms with van der Waals surface area (Å²) in [5, 5.41) is 11.6. The van der Waals surface area contributed by atoms with Crippen molar-refractivity contribution >= 4 is 17.6 Å². The fourth-order valence-electron chi connectivity index (χ4n) is 2.09. The Kier molecular flexibility index (Phi) is 4.91. The van der Waals surface area contributed by atoms with E-state index in [2.05, 4.69) is 5.32 Å². The predicted molar refractivity (Wildman–Crippen MR) is 84.9 cm³/mol. The molecule has 5 nitrogen and oxygen atoms in total. The van der Waals surface area contributed by atoms with Gasteiger partial charge in [-0.1, -0.05) is 30.3 Å². The molecule has 0 fully saturated rings. The van der Waals surface area contributed by atoms with Crippen molar-refractivity contribution in [3.8, 4) is 0 Å². The number of aryl methyl sites for hydroxylation is 1. The number of anilines is 1. The highest BCUT2D eigenvalue weighted by Crippen LogP contribution is 2.14. The van der Waals surface area contributed by atoms with E-state index >= 15 is 0 Å². The summed E-state index contributed by atoms with van der Waals surface area (Å²) in [5.74, 6) is -1.20. The Labute approximate surface area is 128 Å². The first-order valence-corrected chi connectivity index (χ1v) is 6.91. The van der Waals surface area contributed by atoms with E-state index in [-0.39, 0.29) is 12.3 Å². The highest BCUT2D eigenvalue weighted by molar-refractivity contribution is 6.05. The molecule has 0 spiro atoms. The monoisotopic (exact) mass is 298 g/mol. The van der Waals surface area contributed by atoms with Crippen molar-refractivity contribution in [1.82, 2.24) is 0 Å². The first-order chi connectivity index (χ1) is 10.5. The first kappa shape index (κ1) is 15.7. The third kappa shape index (κ3) is 3.93. The summed E-state index contributed by atoms with van der Waals surface area (Å²) < 4.78 is 0. The average molecular weight is 298 g/mol. The van der Waals surface area contributed by atoms with E-state index in [1.54, 1.807) is 30.3 Å². The molecule has 2 aromatic carbocycles. The number of benzene rings is 2. The Balaban J connectivity index is 2.04. The van der Waals surface area contributed by atoms with Gasteiger partial charge in [-0.05, 0) is 42.7 Å². The number of carbonyl (C=O) groups is 2. The van der Waals surface area contributed by atoms with Gasteiger partial charge in [0, 0.05) is 11.3 Å². The molecule has 4 N–H and O–H groups in total. The van der Waals surface area contributed by atoms with Crippen LogP contribution in [-0.2, 0) is 11.2 Å². The SMILES string of the molecule is Cc1ccccc1C(=O)Nc1ccc(C[C@H](N)C(=O)O)cc1. The quantitative estimate of drug-likeness (QED) is 0.789. The van der Waals surface area contributed by atoms with Gasteiger partial charge in [-0.15, -0.1) is 0 Å². The van der Waals surface area contributed by atoms with Crippen LogP contribution in [0.4, 0.5) is 5.69 Å². The molecule has 0 radical (unpaired) electrons.